The Hall–Kier alpha value is -0.650. The van der Waals surface area contributed by atoms with Crippen LogP contribution in [0.4, 0.5) is 0 Å². The van der Waals surface area contributed by atoms with E-state index in [1.165, 1.54) is 64.2 Å². The zero-order valence-corrected chi connectivity index (χ0v) is 18.5. The maximum atomic E-state index is 10.8. The molecule has 0 aromatic carbocycles. The van der Waals surface area contributed by atoms with Crippen LogP contribution in [0.15, 0.2) is 24.3 Å². The van der Waals surface area contributed by atoms with Crippen molar-refractivity contribution in [3.63, 3.8) is 0 Å². The lowest BCUT2D eigenvalue weighted by atomic mass is 10.1. The Morgan fingerprint density at radius 1 is 0.667 bits per heavy atom. The quantitative estimate of drug-likeness (QED) is 0.138. The lowest BCUT2D eigenvalue weighted by Gasteiger charge is -2.04. The smallest absolute Gasteiger partial charge is 0.264 e. The topological polar surface area (TPSA) is 52.6 Å². The van der Waals surface area contributed by atoms with Crippen molar-refractivity contribution in [3.8, 4) is 0 Å². The highest BCUT2D eigenvalue weighted by Crippen LogP contribution is 2.08. The molecule has 5 heteroatoms. The van der Waals surface area contributed by atoms with E-state index in [0.29, 0.717) is 13.0 Å². The zero-order valence-electron chi connectivity index (χ0n) is 17.7. The Kier molecular flexibility index (Phi) is 19.6. The zero-order chi connectivity index (χ0) is 20.1. The highest BCUT2D eigenvalue weighted by Gasteiger charge is 2.00. The van der Waals surface area contributed by atoms with Crippen LogP contribution in [0, 0.1) is 0 Å². The molecular formula is C22H42O4S. The van der Waals surface area contributed by atoms with Gasteiger partial charge in [0, 0.05) is 13.2 Å². The molecule has 160 valence electrons. The Morgan fingerprint density at radius 3 is 1.85 bits per heavy atom. The molecule has 0 aliphatic heterocycles. The van der Waals surface area contributed by atoms with Crippen molar-refractivity contribution in [3.05, 3.63) is 24.3 Å². The van der Waals surface area contributed by atoms with E-state index in [9.17, 15) is 8.42 Å². The predicted molar refractivity (Wildman–Crippen MR) is 116 cm³/mol. The van der Waals surface area contributed by atoms with Crippen molar-refractivity contribution in [2.45, 2.75) is 90.4 Å². The van der Waals surface area contributed by atoms with E-state index in [2.05, 4.69) is 35.4 Å². The van der Waals surface area contributed by atoms with E-state index < -0.39 is 10.1 Å². The SMILES string of the molecule is CCCCCC=CCC=CCCCCCCCCOCCCOS(C)(=O)=O. The summed E-state index contributed by atoms with van der Waals surface area (Å²) in [4.78, 5) is 0. The summed E-state index contributed by atoms with van der Waals surface area (Å²) in [5, 5.41) is 0. The second-order valence-corrected chi connectivity index (χ2v) is 8.72. The molecule has 0 saturated heterocycles. The van der Waals surface area contributed by atoms with Crippen LogP contribution in [0.5, 0.6) is 0 Å². The predicted octanol–water partition coefficient (Wildman–Crippen LogP) is 6.18. The van der Waals surface area contributed by atoms with Crippen molar-refractivity contribution in [1.82, 2.24) is 0 Å². The minimum absolute atomic E-state index is 0.211. The molecule has 0 aromatic heterocycles. The molecule has 0 aliphatic rings. The van der Waals surface area contributed by atoms with Crippen LogP contribution in [0.25, 0.3) is 0 Å². The van der Waals surface area contributed by atoms with E-state index in [4.69, 9.17) is 4.74 Å². The van der Waals surface area contributed by atoms with Crippen LogP contribution < -0.4 is 0 Å². The molecular weight excluding hydrogens is 360 g/mol. The Labute approximate surface area is 168 Å². The maximum Gasteiger partial charge on any atom is 0.264 e. The first-order valence-electron chi connectivity index (χ1n) is 10.8. The molecule has 0 aromatic rings. The average molecular weight is 403 g/mol. The van der Waals surface area contributed by atoms with Crippen LogP contribution >= 0.6 is 0 Å². The lowest BCUT2D eigenvalue weighted by Crippen LogP contribution is -2.07. The monoisotopic (exact) mass is 402 g/mol. The number of unbranched alkanes of at least 4 members (excludes halogenated alkanes) is 9. The van der Waals surface area contributed by atoms with E-state index in [1.807, 2.05) is 0 Å². The van der Waals surface area contributed by atoms with Crippen LogP contribution in [-0.4, -0.2) is 34.5 Å². The molecule has 0 spiro atoms. The molecule has 0 fully saturated rings. The molecule has 27 heavy (non-hydrogen) atoms. The van der Waals surface area contributed by atoms with Gasteiger partial charge in [-0.3, -0.25) is 4.18 Å². The number of allylic oxidation sites excluding steroid dienone is 4. The molecule has 0 amide bonds. The largest absolute Gasteiger partial charge is 0.381 e. The molecule has 0 atom stereocenters. The van der Waals surface area contributed by atoms with Gasteiger partial charge in [-0.1, -0.05) is 69.8 Å². The van der Waals surface area contributed by atoms with Gasteiger partial charge in [-0.25, -0.2) is 0 Å². The average Bonchev–Trinajstić information content (AvgIpc) is 2.62. The number of hydrogen-bond acceptors (Lipinski definition) is 4. The van der Waals surface area contributed by atoms with Gasteiger partial charge in [0.2, 0.25) is 0 Å². The lowest BCUT2D eigenvalue weighted by molar-refractivity contribution is 0.116. The molecule has 0 N–H and O–H groups in total. The van der Waals surface area contributed by atoms with Crippen molar-refractivity contribution in [2.75, 3.05) is 26.1 Å². The van der Waals surface area contributed by atoms with Crippen molar-refractivity contribution in [2.24, 2.45) is 0 Å². The van der Waals surface area contributed by atoms with Gasteiger partial charge in [-0.05, 0) is 44.9 Å². The Bertz CT molecular complexity index is 455. The normalized spacial score (nSPS) is 12.5. The van der Waals surface area contributed by atoms with Gasteiger partial charge in [-0.15, -0.1) is 0 Å². The number of ether oxygens (including phenoxy) is 1. The summed E-state index contributed by atoms with van der Waals surface area (Å²) >= 11 is 0. The van der Waals surface area contributed by atoms with Crippen LogP contribution in [0.3, 0.4) is 0 Å². The summed E-state index contributed by atoms with van der Waals surface area (Å²) in [7, 11) is -3.31. The summed E-state index contributed by atoms with van der Waals surface area (Å²) in [5.74, 6) is 0. The summed E-state index contributed by atoms with van der Waals surface area (Å²) in [6.45, 7) is 3.78. The third kappa shape index (κ3) is 25.3. The van der Waals surface area contributed by atoms with Gasteiger partial charge in [0.15, 0.2) is 0 Å². The third-order valence-electron chi connectivity index (χ3n) is 4.22. The summed E-state index contributed by atoms with van der Waals surface area (Å²) in [5.41, 5.74) is 0. The standard InChI is InChI=1S/C22H42O4S/c1-3-4-5-6-7-8-9-10-11-12-13-14-15-16-17-18-20-25-21-19-22-26-27(2,23)24/h7-8,10-11H,3-6,9,12-22H2,1-2H3. The molecule has 0 unspecified atom stereocenters. The molecule has 4 nitrogen and oxygen atoms in total. The number of hydrogen-bond donors (Lipinski definition) is 0. The molecule has 0 rings (SSSR count). The summed E-state index contributed by atoms with van der Waals surface area (Å²) < 4.78 is 31.7. The minimum Gasteiger partial charge on any atom is -0.381 e. The van der Waals surface area contributed by atoms with E-state index in [1.54, 1.807) is 0 Å². The molecule has 0 saturated carbocycles. The van der Waals surface area contributed by atoms with Gasteiger partial charge in [-0.2, -0.15) is 8.42 Å². The van der Waals surface area contributed by atoms with Gasteiger partial charge in [0.25, 0.3) is 10.1 Å². The molecule has 0 aliphatic carbocycles. The van der Waals surface area contributed by atoms with Crippen molar-refractivity contribution in [1.29, 1.82) is 0 Å². The Balaban J connectivity index is 3.17. The van der Waals surface area contributed by atoms with Crippen LogP contribution in [0.1, 0.15) is 90.4 Å². The number of rotatable bonds is 20. The van der Waals surface area contributed by atoms with Gasteiger partial charge >= 0.3 is 0 Å². The maximum absolute atomic E-state index is 10.8. The van der Waals surface area contributed by atoms with Crippen molar-refractivity contribution >= 4 is 10.1 Å². The second-order valence-electron chi connectivity index (χ2n) is 7.08. The fourth-order valence-electron chi connectivity index (χ4n) is 2.67. The van der Waals surface area contributed by atoms with Crippen molar-refractivity contribution < 1.29 is 17.3 Å². The fraction of sp³-hybridized carbons (Fsp3) is 0.818. The van der Waals surface area contributed by atoms with Gasteiger partial charge < -0.3 is 4.74 Å². The summed E-state index contributed by atoms with van der Waals surface area (Å²) in [6, 6.07) is 0. The van der Waals surface area contributed by atoms with E-state index >= 15 is 0 Å². The molecule has 0 radical (unpaired) electrons. The molecule has 0 bridgehead atoms. The second kappa shape index (κ2) is 20.1. The first-order valence-corrected chi connectivity index (χ1v) is 12.6. The van der Waals surface area contributed by atoms with Crippen LogP contribution in [0.2, 0.25) is 0 Å². The third-order valence-corrected chi connectivity index (χ3v) is 4.81. The van der Waals surface area contributed by atoms with Crippen LogP contribution in [-0.2, 0) is 19.0 Å². The minimum atomic E-state index is -3.31. The highest BCUT2D eigenvalue weighted by atomic mass is 32.2. The summed E-state index contributed by atoms with van der Waals surface area (Å²) in [6.07, 6.45) is 25.8. The molecule has 0 heterocycles. The first-order chi connectivity index (χ1) is 13.1. The first kappa shape index (κ1) is 26.4. The fourth-order valence-corrected chi connectivity index (χ4v) is 3.09. The highest BCUT2D eigenvalue weighted by molar-refractivity contribution is 7.85. The van der Waals surface area contributed by atoms with E-state index in [0.717, 1.165) is 25.7 Å². The van der Waals surface area contributed by atoms with E-state index in [-0.39, 0.29) is 6.61 Å². The van der Waals surface area contributed by atoms with Gasteiger partial charge in [0.05, 0.1) is 12.9 Å². The Morgan fingerprint density at radius 2 is 1.22 bits per heavy atom. The van der Waals surface area contributed by atoms with Gasteiger partial charge in [0.1, 0.15) is 0 Å².